The largest absolute Gasteiger partial charge is 0.466 e. The van der Waals surface area contributed by atoms with Gasteiger partial charge in [-0.2, -0.15) is 0 Å². The van der Waals surface area contributed by atoms with Gasteiger partial charge in [0.2, 0.25) is 5.91 Å². The van der Waals surface area contributed by atoms with Crippen LogP contribution in [0.4, 0.5) is 5.13 Å². The molecule has 9 heteroatoms. The van der Waals surface area contributed by atoms with E-state index < -0.39 is 0 Å². The van der Waals surface area contributed by atoms with E-state index in [2.05, 4.69) is 15.3 Å². The van der Waals surface area contributed by atoms with E-state index in [0.717, 1.165) is 21.9 Å². The maximum atomic E-state index is 12.3. The predicted octanol–water partition coefficient (Wildman–Crippen LogP) is 4.20. The van der Waals surface area contributed by atoms with Crippen LogP contribution in [0.15, 0.2) is 47.3 Å². The summed E-state index contributed by atoms with van der Waals surface area (Å²) in [5.74, 6) is -0.438. The molecule has 0 bridgehead atoms. The molecular formula is C21H20N4O3S2. The zero-order chi connectivity index (χ0) is 20.9. The maximum Gasteiger partial charge on any atom is 0.311 e. The summed E-state index contributed by atoms with van der Waals surface area (Å²) in [6.07, 6.45) is 3.04. The van der Waals surface area contributed by atoms with Crippen LogP contribution in [0.3, 0.4) is 0 Å². The van der Waals surface area contributed by atoms with Gasteiger partial charge < -0.3 is 10.1 Å². The fraction of sp³-hybridized carbons (Fsp3) is 0.238. The number of imidazole rings is 1. The molecule has 0 spiro atoms. The van der Waals surface area contributed by atoms with Gasteiger partial charge in [-0.3, -0.25) is 14.0 Å². The van der Waals surface area contributed by atoms with Crippen molar-refractivity contribution in [2.75, 3.05) is 11.9 Å². The van der Waals surface area contributed by atoms with Crippen LogP contribution >= 0.6 is 22.7 Å². The molecule has 3 heterocycles. The lowest BCUT2D eigenvalue weighted by molar-refractivity contribution is -0.142. The lowest BCUT2D eigenvalue weighted by Crippen LogP contribution is -2.13. The third kappa shape index (κ3) is 4.74. The van der Waals surface area contributed by atoms with Gasteiger partial charge in [0.25, 0.3) is 0 Å². The summed E-state index contributed by atoms with van der Waals surface area (Å²) in [7, 11) is 0. The molecule has 4 aromatic rings. The molecule has 0 aliphatic heterocycles. The summed E-state index contributed by atoms with van der Waals surface area (Å²) in [6, 6.07) is 10.0. The number of nitrogens with zero attached hydrogens (tertiary/aromatic N) is 3. The number of fused-ring (bicyclic) bond motifs is 1. The summed E-state index contributed by atoms with van der Waals surface area (Å²) in [6.45, 7) is 2.10. The van der Waals surface area contributed by atoms with Gasteiger partial charge in [-0.15, -0.1) is 22.7 Å². The number of nitrogens with one attached hydrogen (secondary N) is 1. The van der Waals surface area contributed by atoms with Crippen LogP contribution in [0, 0.1) is 0 Å². The first kappa shape index (κ1) is 20.2. The number of amides is 1. The minimum atomic E-state index is -0.322. The van der Waals surface area contributed by atoms with Crippen LogP contribution < -0.4 is 5.32 Å². The summed E-state index contributed by atoms with van der Waals surface area (Å²) >= 11 is 2.86. The topological polar surface area (TPSA) is 85.6 Å². The first-order chi connectivity index (χ1) is 14.6. The van der Waals surface area contributed by atoms with Gasteiger partial charge in [0.1, 0.15) is 0 Å². The molecule has 0 saturated heterocycles. The molecule has 4 rings (SSSR count). The van der Waals surface area contributed by atoms with Gasteiger partial charge in [0.15, 0.2) is 10.1 Å². The maximum absolute atomic E-state index is 12.3. The van der Waals surface area contributed by atoms with Crippen molar-refractivity contribution in [2.45, 2.75) is 26.2 Å². The molecule has 7 nitrogen and oxygen atoms in total. The van der Waals surface area contributed by atoms with E-state index in [9.17, 15) is 9.59 Å². The number of carbonyl (C=O) groups excluding carboxylic acids is 2. The Morgan fingerprint density at radius 1 is 1.13 bits per heavy atom. The number of esters is 1. The number of hydrogen-bond acceptors (Lipinski definition) is 7. The third-order valence-electron chi connectivity index (χ3n) is 4.39. The Balaban J connectivity index is 1.35. The fourth-order valence-electron chi connectivity index (χ4n) is 2.99. The zero-order valence-corrected chi connectivity index (χ0v) is 18.0. The van der Waals surface area contributed by atoms with Gasteiger partial charge in [0, 0.05) is 34.6 Å². The first-order valence-electron chi connectivity index (χ1n) is 9.53. The van der Waals surface area contributed by atoms with Crippen LogP contribution in [0.1, 0.15) is 24.7 Å². The quantitative estimate of drug-likeness (QED) is 0.415. The summed E-state index contributed by atoms with van der Waals surface area (Å²) in [5, 5.41) is 7.08. The van der Waals surface area contributed by atoms with Gasteiger partial charge >= 0.3 is 5.97 Å². The highest BCUT2D eigenvalue weighted by Gasteiger charge is 2.13. The van der Waals surface area contributed by atoms with Crippen molar-refractivity contribution in [2.24, 2.45) is 0 Å². The molecule has 0 fully saturated rings. The third-order valence-corrected chi connectivity index (χ3v) is 6.09. The minimum Gasteiger partial charge on any atom is -0.466 e. The number of thiazole rings is 2. The molecule has 0 saturated carbocycles. The molecule has 1 amide bonds. The highest BCUT2D eigenvalue weighted by molar-refractivity contribution is 7.15. The van der Waals surface area contributed by atoms with Crippen LogP contribution in [0.2, 0.25) is 0 Å². The zero-order valence-electron chi connectivity index (χ0n) is 16.3. The Labute approximate surface area is 181 Å². The molecule has 30 heavy (non-hydrogen) atoms. The van der Waals surface area contributed by atoms with Crippen LogP contribution in [0.25, 0.3) is 16.2 Å². The van der Waals surface area contributed by atoms with Crippen molar-refractivity contribution in [1.82, 2.24) is 14.4 Å². The average molecular weight is 441 g/mol. The van der Waals surface area contributed by atoms with Crippen LogP contribution in [0.5, 0.6) is 0 Å². The Hall–Kier alpha value is -3.04. The number of carbonyl (C=O) groups is 2. The van der Waals surface area contributed by atoms with E-state index >= 15 is 0 Å². The predicted molar refractivity (Wildman–Crippen MR) is 118 cm³/mol. The Morgan fingerprint density at radius 3 is 2.77 bits per heavy atom. The molecular weight excluding hydrogens is 420 g/mol. The van der Waals surface area contributed by atoms with Crippen molar-refractivity contribution in [3.8, 4) is 11.3 Å². The molecule has 154 valence electrons. The second kappa shape index (κ2) is 9.19. The molecule has 0 unspecified atom stereocenters. The summed E-state index contributed by atoms with van der Waals surface area (Å²) in [5.41, 5.74) is 3.63. The van der Waals surface area contributed by atoms with Crippen molar-refractivity contribution in [1.29, 1.82) is 0 Å². The Morgan fingerprint density at radius 2 is 1.97 bits per heavy atom. The number of benzene rings is 1. The molecule has 1 aromatic carbocycles. The number of rotatable bonds is 8. The van der Waals surface area contributed by atoms with Gasteiger partial charge in [-0.1, -0.05) is 30.3 Å². The first-order valence-corrected chi connectivity index (χ1v) is 11.3. The summed E-state index contributed by atoms with van der Waals surface area (Å²) in [4.78, 5) is 33.7. The Bertz CT molecular complexity index is 1160. The van der Waals surface area contributed by atoms with Gasteiger partial charge in [-0.05, 0) is 13.3 Å². The van der Waals surface area contributed by atoms with E-state index in [4.69, 9.17) is 4.74 Å². The smallest absolute Gasteiger partial charge is 0.311 e. The molecule has 0 radical (unpaired) electrons. The average Bonchev–Trinajstić information content (AvgIpc) is 3.44. The van der Waals surface area contributed by atoms with E-state index in [-0.39, 0.29) is 18.3 Å². The number of hydrogen-bond donors (Lipinski definition) is 1. The highest BCUT2D eigenvalue weighted by atomic mass is 32.1. The van der Waals surface area contributed by atoms with Crippen molar-refractivity contribution in [3.63, 3.8) is 0 Å². The molecule has 0 aliphatic carbocycles. The standard InChI is InChI=1S/C21H20N4O3S2/c1-2-28-19(27)10-15-12-29-20(22-15)24-18(26)9-8-16-13-30-21-23-17(11-25(16)21)14-6-4-3-5-7-14/h3-7,11-13H,2,8-10H2,1H3,(H,22,24,26). The van der Waals surface area contributed by atoms with Crippen molar-refractivity contribution in [3.05, 3.63) is 58.7 Å². The van der Waals surface area contributed by atoms with Crippen molar-refractivity contribution >= 4 is 44.6 Å². The monoisotopic (exact) mass is 440 g/mol. The molecule has 0 atom stereocenters. The SMILES string of the molecule is CCOC(=O)Cc1csc(NC(=O)CCc2csc3nc(-c4ccccc4)cn23)n1. The Kier molecular flexibility index (Phi) is 6.20. The van der Waals surface area contributed by atoms with E-state index in [0.29, 0.717) is 30.3 Å². The van der Waals surface area contributed by atoms with Crippen LogP contribution in [-0.2, 0) is 27.2 Å². The highest BCUT2D eigenvalue weighted by Crippen LogP contribution is 2.24. The normalized spacial score (nSPS) is 11.0. The second-order valence-corrected chi connectivity index (χ2v) is 8.24. The number of aromatic nitrogens is 3. The fourth-order valence-corrected chi connectivity index (χ4v) is 4.62. The number of anilines is 1. The van der Waals surface area contributed by atoms with E-state index in [1.54, 1.807) is 23.6 Å². The van der Waals surface area contributed by atoms with E-state index in [1.165, 1.54) is 11.3 Å². The molecule has 3 aromatic heterocycles. The second-order valence-electron chi connectivity index (χ2n) is 6.55. The molecule has 0 aliphatic rings. The van der Waals surface area contributed by atoms with Gasteiger partial charge in [-0.25, -0.2) is 9.97 Å². The minimum absolute atomic E-state index is 0.109. The van der Waals surface area contributed by atoms with Crippen molar-refractivity contribution < 1.29 is 14.3 Å². The van der Waals surface area contributed by atoms with Gasteiger partial charge in [0.05, 0.1) is 24.4 Å². The molecule has 1 N–H and O–H groups in total. The number of ether oxygens (including phenoxy) is 1. The number of aryl methyl sites for hydroxylation is 1. The lowest BCUT2D eigenvalue weighted by Gasteiger charge is -2.02. The summed E-state index contributed by atoms with van der Waals surface area (Å²) < 4.78 is 6.96. The lowest BCUT2D eigenvalue weighted by atomic mass is 10.2. The van der Waals surface area contributed by atoms with Crippen LogP contribution in [-0.4, -0.2) is 32.9 Å². The van der Waals surface area contributed by atoms with E-state index in [1.807, 2.05) is 46.3 Å².